The molecule has 2 nitrogen and oxygen atoms in total. The van der Waals surface area contributed by atoms with Gasteiger partial charge >= 0.3 is 0 Å². The van der Waals surface area contributed by atoms with Gasteiger partial charge in [0, 0.05) is 18.1 Å². The van der Waals surface area contributed by atoms with E-state index in [-0.39, 0.29) is 0 Å². The lowest BCUT2D eigenvalue weighted by atomic mass is 10.1. The van der Waals surface area contributed by atoms with E-state index in [1.54, 1.807) is 18.2 Å². The Morgan fingerprint density at radius 3 is 2.79 bits per heavy atom. The lowest BCUT2D eigenvalue weighted by Gasteiger charge is -2.10. The van der Waals surface area contributed by atoms with Gasteiger partial charge in [-0.05, 0) is 6.07 Å². The summed E-state index contributed by atoms with van der Waals surface area (Å²) in [6.45, 7) is 4.84. The lowest BCUT2D eigenvalue weighted by molar-refractivity contribution is 0.0855. The normalized spacial score (nSPS) is 11.9. The minimum atomic E-state index is -1.41. The fourth-order valence-corrected chi connectivity index (χ4v) is 1.07. The molecule has 0 N–H and O–H groups in total. The van der Waals surface area contributed by atoms with Gasteiger partial charge in [-0.1, -0.05) is 24.8 Å². The number of carbonyl (C=O) groups is 1. The molecule has 0 heterocycles. The van der Waals surface area contributed by atoms with Crippen molar-refractivity contribution >= 4 is 12.4 Å². The highest BCUT2D eigenvalue weighted by Crippen LogP contribution is 2.22. The largest absolute Gasteiger partial charge is 0.460 e. The molecular formula is C11H11FO2. The highest BCUT2D eigenvalue weighted by Gasteiger charge is 2.05. The standard InChI is InChI=1S/C11H11FO2/c1-3-10-5-4-9(7-13)6-11(10)14-8(2)12/h3-8H,1H2,2H3. The maximum absolute atomic E-state index is 12.6. The first-order chi connectivity index (χ1) is 6.67. The Labute approximate surface area is 82.0 Å². The third-order valence-corrected chi connectivity index (χ3v) is 1.68. The van der Waals surface area contributed by atoms with E-state index in [0.717, 1.165) is 0 Å². The second-order valence-electron chi connectivity index (χ2n) is 2.78. The third-order valence-electron chi connectivity index (χ3n) is 1.68. The Bertz CT molecular complexity index is 345. The van der Waals surface area contributed by atoms with Crippen molar-refractivity contribution in [3.05, 3.63) is 35.9 Å². The van der Waals surface area contributed by atoms with Crippen molar-refractivity contribution in [1.29, 1.82) is 0 Å². The molecule has 1 rings (SSSR count). The molecule has 14 heavy (non-hydrogen) atoms. The van der Waals surface area contributed by atoms with E-state index in [0.29, 0.717) is 23.2 Å². The zero-order valence-corrected chi connectivity index (χ0v) is 7.87. The SMILES string of the molecule is C=Cc1ccc(C=O)cc1OC(C)F. The number of benzene rings is 1. The molecule has 1 unspecified atom stereocenters. The van der Waals surface area contributed by atoms with Gasteiger partial charge in [0.2, 0.25) is 6.36 Å². The first kappa shape index (κ1) is 10.4. The molecule has 0 fully saturated rings. The molecular weight excluding hydrogens is 183 g/mol. The zero-order chi connectivity index (χ0) is 10.6. The summed E-state index contributed by atoms with van der Waals surface area (Å²) in [7, 11) is 0. The summed E-state index contributed by atoms with van der Waals surface area (Å²) in [5, 5.41) is 0. The van der Waals surface area contributed by atoms with Crippen LogP contribution < -0.4 is 4.74 Å². The summed E-state index contributed by atoms with van der Waals surface area (Å²) < 4.78 is 17.5. The van der Waals surface area contributed by atoms with Crippen LogP contribution in [0.4, 0.5) is 4.39 Å². The van der Waals surface area contributed by atoms with Crippen molar-refractivity contribution in [2.24, 2.45) is 0 Å². The Balaban J connectivity index is 3.07. The van der Waals surface area contributed by atoms with E-state index in [9.17, 15) is 9.18 Å². The van der Waals surface area contributed by atoms with E-state index in [1.165, 1.54) is 13.0 Å². The Morgan fingerprint density at radius 1 is 1.57 bits per heavy atom. The van der Waals surface area contributed by atoms with Gasteiger partial charge in [-0.2, -0.15) is 0 Å². The fraction of sp³-hybridized carbons (Fsp3) is 0.182. The van der Waals surface area contributed by atoms with Gasteiger partial charge in [-0.3, -0.25) is 4.79 Å². The first-order valence-corrected chi connectivity index (χ1v) is 4.19. The number of carbonyl (C=O) groups excluding carboxylic acids is 1. The minimum absolute atomic E-state index is 0.333. The average Bonchev–Trinajstić information content (AvgIpc) is 2.16. The first-order valence-electron chi connectivity index (χ1n) is 4.19. The predicted octanol–water partition coefficient (Wildman–Crippen LogP) is 2.84. The molecule has 0 spiro atoms. The summed E-state index contributed by atoms with van der Waals surface area (Å²) in [5.74, 6) is 0.333. The van der Waals surface area contributed by atoms with Crippen LogP contribution in [0, 0.1) is 0 Å². The van der Waals surface area contributed by atoms with Gasteiger partial charge in [-0.15, -0.1) is 0 Å². The van der Waals surface area contributed by atoms with Crippen molar-refractivity contribution in [2.75, 3.05) is 0 Å². The van der Waals surface area contributed by atoms with Crippen molar-refractivity contribution < 1.29 is 13.9 Å². The molecule has 0 radical (unpaired) electrons. The molecule has 0 aliphatic rings. The molecule has 0 aliphatic carbocycles. The summed E-state index contributed by atoms with van der Waals surface area (Å²) in [4.78, 5) is 10.5. The lowest BCUT2D eigenvalue weighted by Crippen LogP contribution is -2.05. The maximum atomic E-state index is 12.6. The van der Waals surface area contributed by atoms with Gasteiger partial charge < -0.3 is 4.74 Å². The summed E-state index contributed by atoms with van der Waals surface area (Å²) >= 11 is 0. The Kier molecular flexibility index (Phi) is 3.40. The molecule has 1 aromatic carbocycles. The molecule has 1 atom stereocenters. The number of aldehydes is 1. The number of halogens is 1. The number of hydrogen-bond acceptors (Lipinski definition) is 2. The van der Waals surface area contributed by atoms with Gasteiger partial charge in [0.25, 0.3) is 0 Å². The van der Waals surface area contributed by atoms with Gasteiger partial charge in [0.15, 0.2) is 0 Å². The van der Waals surface area contributed by atoms with E-state index < -0.39 is 6.36 Å². The van der Waals surface area contributed by atoms with Crippen LogP contribution in [0.1, 0.15) is 22.8 Å². The number of hydrogen-bond donors (Lipinski definition) is 0. The summed E-state index contributed by atoms with van der Waals surface area (Å²) in [5.41, 5.74) is 1.12. The molecule has 0 aromatic heterocycles. The van der Waals surface area contributed by atoms with Gasteiger partial charge in [0.1, 0.15) is 12.0 Å². The molecule has 3 heteroatoms. The average molecular weight is 194 g/mol. The smallest absolute Gasteiger partial charge is 0.235 e. The quantitative estimate of drug-likeness (QED) is 0.689. The number of rotatable bonds is 4. The Hall–Kier alpha value is -1.64. The van der Waals surface area contributed by atoms with E-state index in [1.807, 2.05) is 0 Å². The molecule has 74 valence electrons. The van der Waals surface area contributed by atoms with Crippen LogP contribution in [-0.4, -0.2) is 12.6 Å². The van der Waals surface area contributed by atoms with Gasteiger partial charge in [-0.25, -0.2) is 4.39 Å². The highest BCUT2D eigenvalue weighted by atomic mass is 19.1. The second-order valence-corrected chi connectivity index (χ2v) is 2.78. The molecule has 0 amide bonds. The second kappa shape index (κ2) is 4.56. The molecule has 0 saturated carbocycles. The molecule has 0 bridgehead atoms. The fourth-order valence-electron chi connectivity index (χ4n) is 1.07. The number of ether oxygens (including phenoxy) is 1. The van der Waals surface area contributed by atoms with Crippen molar-refractivity contribution in [2.45, 2.75) is 13.3 Å². The van der Waals surface area contributed by atoms with Crippen LogP contribution in [0.2, 0.25) is 0 Å². The zero-order valence-electron chi connectivity index (χ0n) is 7.87. The van der Waals surface area contributed by atoms with E-state index in [2.05, 4.69) is 6.58 Å². The Morgan fingerprint density at radius 2 is 2.29 bits per heavy atom. The molecule has 0 aliphatic heterocycles. The monoisotopic (exact) mass is 194 g/mol. The van der Waals surface area contributed by atoms with Crippen molar-refractivity contribution in [3.8, 4) is 5.75 Å². The molecule has 0 saturated heterocycles. The topological polar surface area (TPSA) is 26.3 Å². The maximum Gasteiger partial charge on any atom is 0.235 e. The minimum Gasteiger partial charge on any atom is -0.460 e. The van der Waals surface area contributed by atoms with Crippen LogP contribution in [-0.2, 0) is 0 Å². The van der Waals surface area contributed by atoms with Crippen molar-refractivity contribution in [1.82, 2.24) is 0 Å². The van der Waals surface area contributed by atoms with Crippen LogP contribution in [0.25, 0.3) is 6.08 Å². The summed E-state index contributed by atoms with van der Waals surface area (Å²) in [6.07, 6.45) is 0.824. The predicted molar refractivity (Wildman–Crippen MR) is 53.1 cm³/mol. The third kappa shape index (κ3) is 2.42. The van der Waals surface area contributed by atoms with Gasteiger partial charge in [0.05, 0.1) is 0 Å². The number of alkyl halides is 1. The summed E-state index contributed by atoms with van der Waals surface area (Å²) in [6, 6.07) is 4.77. The molecule has 1 aromatic rings. The van der Waals surface area contributed by atoms with Crippen LogP contribution in [0.5, 0.6) is 5.75 Å². The highest BCUT2D eigenvalue weighted by molar-refractivity contribution is 5.77. The van der Waals surface area contributed by atoms with E-state index >= 15 is 0 Å². The van der Waals surface area contributed by atoms with Crippen LogP contribution >= 0.6 is 0 Å². The van der Waals surface area contributed by atoms with E-state index in [4.69, 9.17) is 4.74 Å². The van der Waals surface area contributed by atoms with Crippen LogP contribution in [0.15, 0.2) is 24.8 Å². The van der Waals surface area contributed by atoms with Crippen LogP contribution in [0.3, 0.4) is 0 Å². The van der Waals surface area contributed by atoms with Crippen molar-refractivity contribution in [3.63, 3.8) is 0 Å².